The normalized spacial score (nSPS) is 32.4. The molecule has 0 aromatic rings. The third-order valence-corrected chi connectivity index (χ3v) is 6.22. The van der Waals surface area contributed by atoms with Crippen molar-refractivity contribution in [1.29, 1.82) is 0 Å². The SMILES string of the molecule is CSCCN1C(=O)C2(CCCCC2)NC(=O)C1(C)C1CC1. The maximum absolute atomic E-state index is 13.2. The van der Waals surface area contributed by atoms with E-state index in [0.717, 1.165) is 44.3 Å². The van der Waals surface area contributed by atoms with Crippen molar-refractivity contribution >= 4 is 23.6 Å². The average Bonchev–Trinajstić information content (AvgIpc) is 3.31. The molecule has 5 heteroatoms. The van der Waals surface area contributed by atoms with Gasteiger partial charge in [-0.05, 0) is 44.8 Å². The monoisotopic (exact) mass is 310 g/mol. The van der Waals surface area contributed by atoms with Crippen LogP contribution in [0.3, 0.4) is 0 Å². The molecular formula is C16H26N2O2S. The number of nitrogens with one attached hydrogen (secondary N) is 1. The topological polar surface area (TPSA) is 49.4 Å². The zero-order valence-electron chi connectivity index (χ0n) is 13.1. The molecule has 0 aromatic heterocycles. The van der Waals surface area contributed by atoms with Crippen LogP contribution in [0.25, 0.3) is 0 Å². The molecule has 1 heterocycles. The zero-order chi connectivity index (χ0) is 15.1. The smallest absolute Gasteiger partial charge is 0.249 e. The summed E-state index contributed by atoms with van der Waals surface area (Å²) in [5, 5.41) is 3.16. The number of piperazine rings is 1. The summed E-state index contributed by atoms with van der Waals surface area (Å²) in [7, 11) is 0. The minimum Gasteiger partial charge on any atom is -0.340 e. The van der Waals surface area contributed by atoms with E-state index in [-0.39, 0.29) is 11.8 Å². The van der Waals surface area contributed by atoms with Crippen molar-refractivity contribution in [3.05, 3.63) is 0 Å². The van der Waals surface area contributed by atoms with Gasteiger partial charge < -0.3 is 10.2 Å². The summed E-state index contributed by atoms with van der Waals surface area (Å²) in [5.74, 6) is 1.53. The number of carbonyl (C=O) groups excluding carboxylic acids is 2. The molecule has 1 N–H and O–H groups in total. The second-order valence-electron chi connectivity index (χ2n) is 6.97. The number of thioether (sulfide) groups is 1. The second-order valence-corrected chi connectivity index (χ2v) is 7.95. The van der Waals surface area contributed by atoms with Gasteiger partial charge in [0.05, 0.1) is 0 Å². The number of hydrogen-bond acceptors (Lipinski definition) is 3. The van der Waals surface area contributed by atoms with E-state index in [9.17, 15) is 9.59 Å². The number of hydrogen-bond donors (Lipinski definition) is 1. The van der Waals surface area contributed by atoms with Gasteiger partial charge in [-0.15, -0.1) is 0 Å². The van der Waals surface area contributed by atoms with E-state index in [1.807, 2.05) is 11.8 Å². The van der Waals surface area contributed by atoms with Crippen LogP contribution in [-0.4, -0.2) is 46.3 Å². The van der Waals surface area contributed by atoms with Gasteiger partial charge in [0.25, 0.3) is 0 Å². The van der Waals surface area contributed by atoms with Crippen LogP contribution in [-0.2, 0) is 9.59 Å². The van der Waals surface area contributed by atoms with Crippen LogP contribution in [0.2, 0.25) is 0 Å². The highest BCUT2D eigenvalue weighted by atomic mass is 32.2. The maximum atomic E-state index is 13.2. The minimum atomic E-state index is -0.616. The van der Waals surface area contributed by atoms with Crippen LogP contribution < -0.4 is 5.32 Å². The Morgan fingerprint density at radius 2 is 1.90 bits per heavy atom. The molecule has 21 heavy (non-hydrogen) atoms. The summed E-state index contributed by atoms with van der Waals surface area (Å²) in [6, 6.07) is 0. The van der Waals surface area contributed by atoms with Gasteiger partial charge in [-0.2, -0.15) is 11.8 Å². The summed E-state index contributed by atoms with van der Waals surface area (Å²) in [4.78, 5) is 28.0. The number of nitrogens with zero attached hydrogens (tertiary/aromatic N) is 1. The summed E-state index contributed by atoms with van der Waals surface area (Å²) in [6.45, 7) is 2.68. The van der Waals surface area contributed by atoms with Crippen LogP contribution in [0.4, 0.5) is 0 Å². The number of rotatable bonds is 4. The van der Waals surface area contributed by atoms with Gasteiger partial charge in [0.1, 0.15) is 11.1 Å². The van der Waals surface area contributed by atoms with Gasteiger partial charge in [0.2, 0.25) is 11.8 Å². The number of amides is 2. The Kier molecular flexibility index (Phi) is 3.97. The summed E-state index contributed by atoms with van der Waals surface area (Å²) in [6.07, 6.45) is 9.09. The molecule has 1 saturated heterocycles. The quantitative estimate of drug-likeness (QED) is 0.866. The Bertz CT molecular complexity index is 444. The van der Waals surface area contributed by atoms with Crippen molar-refractivity contribution in [2.24, 2.45) is 5.92 Å². The first-order valence-electron chi connectivity index (χ1n) is 8.18. The Balaban J connectivity index is 1.91. The van der Waals surface area contributed by atoms with Gasteiger partial charge in [-0.25, -0.2) is 0 Å². The molecule has 2 saturated carbocycles. The first-order chi connectivity index (χ1) is 10.0. The van der Waals surface area contributed by atoms with Crippen molar-refractivity contribution in [3.63, 3.8) is 0 Å². The molecule has 0 aromatic carbocycles. The predicted molar refractivity (Wildman–Crippen MR) is 85.2 cm³/mol. The highest BCUT2D eigenvalue weighted by molar-refractivity contribution is 7.98. The molecular weight excluding hydrogens is 284 g/mol. The van der Waals surface area contributed by atoms with Crippen LogP contribution >= 0.6 is 11.8 Å². The van der Waals surface area contributed by atoms with E-state index >= 15 is 0 Å². The number of carbonyl (C=O) groups is 2. The van der Waals surface area contributed by atoms with Crippen molar-refractivity contribution in [2.45, 2.75) is 62.9 Å². The third kappa shape index (κ3) is 2.37. The van der Waals surface area contributed by atoms with Gasteiger partial charge >= 0.3 is 0 Å². The van der Waals surface area contributed by atoms with Crippen molar-refractivity contribution in [2.75, 3.05) is 18.6 Å². The molecule has 1 spiro atoms. The van der Waals surface area contributed by atoms with Crippen molar-refractivity contribution < 1.29 is 9.59 Å². The molecule has 2 amide bonds. The lowest BCUT2D eigenvalue weighted by Gasteiger charge is -2.52. The van der Waals surface area contributed by atoms with Crippen molar-refractivity contribution in [1.82, 2.24) is 10.2 Å². The summed E-state index contributed by atoms with van der Waals surface area (Å²) in [5.41, 5.74) is -1.21. The summed E-state index contributed by atoms with van der Waals surface area (Å²) < 4.78 is 0. The lowest BCUT2D eigenvalue weighted by atomic mass is 9.75. The Morgan fingerprint density at radius 1 is 1.24 bits per heavy atom. The van der Waals surface area contributed by atoms with E-state index < -0.39 is 11.1 Å². The third-order valence-electron chi connectivity index (χ3n) is 5.63. The highest BCUT2D eigenvalue weighted by Gasteiger charge is 2.61. The highest BCUT2D eigenvalue weighted by Crippen LogP contribution is 2.47. The van der Waals surface area contributed by atoms with Gasteiger partial charge in [-0.1, -0.05) is 19.3 Å². The van der Waals surface area contributed by atoms with Crippen LogP contribution in [0, 0.1) is 5.92 Å². The lowest BCUT2D eigenvalue weighted by molar-refractivity contribution is -0.165. The molecule has 0 bridgehead atoms. The summed E-state index contributed by atoms with van der Waals surface area (Å²) >= 11 is 1.74. The standard InChI is InChI=1S/C16H26N2O2S/c1-15(12-6-7-12)13(19)17-16(8-4-3-5-9-16)14(20)18(15)10-11-21-2/h12H,3-11H2,1-2H3,(H,17,19). The fourth-order valence-electron chi connectivity index (χ4n) is 4.05. The average molecular weight is 310 g/mol. The predicted octanol–water partition coefficient (Wildman–Crippen LogP) is 2.18. The molecule has 3 fully saturated rings. The Labute approximate surface area is 131 Å². The lowest BCUT2D eigenvalue weighted by Crippen LogP contribution is -2.76. The van der Waals surface area contributed by atoms with Gasteiger partial charge in [-0.3, -0.25) is 9.59 Å². The first kappa shape index (κ1) is 15.2. The Morgan fingerprint density at radius 3 is 2.48 bits per heavy atom. The molecule has 3 rings (SSSR count). The second kappa shape index (κ2) is 5.49. The maximum Gasteiger partial charge on any atom is 0.249 e. The van der Waals surface area contributed by atoms with E-state index in [0.29, 0.717) is 12.5 Å². The van der Waals surface area contributed by atoms with Crippen LogP contribution in [0.1, 0.15) is 51.9 Å². The van der Waals surface area contributed by atoms with Gasteiger partial charge in [0, 0.05) is 12.3 Å². The fraction of sp³-hybridized carbons (Fsp3) is 0.875. The van der Waals surface area contributed by atoms with Gasteiger partial charge in [0.15, 0.2) is 0 Å². The molecule has 0 radical (unpaired) electrons. The molecule has 1 atom stereocenters. The Hall–Kier alpha value is -0.710. The molecule has 118 valence electrons. The fourth-order valence-corrected chi connectivity index (χ4v) is 4.42. The molecule has 1 aliphatic heterocycles. The van der Waals surface area contributed by atoms with E-state index in [2.05, 4.69) is 11.6 Å². The largest absolute Gasteiger partial charge is 0.340 e. The molecule has 1 unspecified atom stereocenters. The van der Waals surface area contributed by atoms with E-state index in [4.69, 9.17) is 0 Å². The van der Waals surface area contributed by atoms with Crippen LogP contribution in [0.15, 0.2) is 0 Å². The first-order valence-corrected chi connectivity index (χ1v) is 9.57. The van der Waals surface area contributed by atoms with Crippen molar-refractivity contribution in [3.8, 4) is 0 Å². The zero-order valence-corrected chi connectivity index (χ0v) is 13.9. The van der Waals surface area contributed by atoms with E-state index in [1.165, 1.54) is 6.42 Å². The van der Waals surface area contributed by atoms with E-state index in [1.54, 1.807) is 11.8 Å². The molecule has 3 aliphatic rings. The van der Waals surface area contributed by atoms with Crippen LogP contribution in [0.5, 0.6) is 0 Å². The minimum absolute atomic E-state index is 0.0904. The molecule has 2 aliphatic carbocycles. The molecule has 4 nitrogen and oxygen atoms in total.